The molecule has 0 fully saturated rings. The van der Waals surface area contributed by atoms with Crippen LogP contribution in [0.4, 0.5) is 0 Å². The summed E-state index contributed by atoms with van der Waals surface area (Å²) in [6.45, 7) is 2.20. The first-order chi connectivity index (χ1) is 6.31. The fourth-order valence-corrected chi connectivity index (χ4v) is 1.30. The van der Waals surface area contributed by atoms with Gasteiger partial charge < -0.3 is 0 Å². The predicted octanol–water partition coefficient (Wildman–Crippen LogP) is 3.22. The highest BCUT2D eigenvalue weighted by molar-refractivity contribution is 5.93. The second-order valence-corrected chi connectivity index (χ2v) is 3.41. The molecule has 0 aromatic heterocycles. The molecule has 0 heterocycles. The van der Waals surface area contributed by atoms with Crippen molar-refractivity contribution in [2.75, 3.05) is 0 Å². The molecule has 0 aromatic carbocycles. The Labute approximate surface area is 80.9 Å². The highest BCUT2D eigenvalue weighted by Gasteiger charge is 1.97. The second-order valence-electron chi connectivity index (χ2n) is 3.41. The molecule has 0 saturated carbocycles. The van der Waals surface area contributed by atoms with E-state index >= 15 is 0 Å². The zero-order chi connectivity index (χ0) is 9.94. The summed E-state index contributed by atoms with van der Waals surface area (Å²) < 4.78 is 0. The topological polar surface area (TPSA) is 40.9 Å². The lowest BCUT2D eigenvalue weighted by molar-refractivity contribution is -0.114. The Kier molecular flexibility index (Phi) is 8.65. The van der Waals surface area contributed by atoms with Crippen molar-refractivity contribution < 1.29 is 4.79 Å². The van der Waals surface area contributed by atoms with E-state index in [-0.39, 0.29) is 5.78 Å². The van der Waals surface area contributed by atoms with Crippen molar-refractivity contribution in [3.63, 3.8) is 0 Å². The molecule has 0 aliphatic carbocycles. The second kappa shape index (κ2) is 9.25. The summed E-state index contributed by atoms with van der Waals surface area (Å²) in [4.78, 5) is 10.6. The van der Waals surface area contributed by atoms with E-state index in [9.17, 15) is 4.79 Å². The van der Waals surface area contributed by atoms with Crippen LogP contribution in [0.2, 0.25) is 0 Å². The fraction of sp³-hybridized carbons (Fsp3) is 0.818. The summed E-state index contributed by atoms with van der Waals surface area (Å²) >= 11 is 0. The van der Waals surface area contributed by atoms with Gasteiger partial charge in [0.2, 0.25) is 5.78 Å². The first-order valence-corrected chi connectivity index (χ1v) is 5.24. The average molecular weight is 181 g/mol. The molecular formula is C11H19NO. The monoisotopic (exact) mass is 181 g/mol. The smallest absolute Gasteiger partial charge is 0.231 e. The lowest BCUT2D eigenvalue weighted by atomic mass is 10.1. The Balaban J connectivity index is 3.00. The van der Waals surface area contributed by atoms with Crippen LogP contribution in [0.3, 0.4) is 0 Å². The van der Waals surface area contributed by atoms with Crippen molar-refractivity contribution in [1.82, 2.24) is 0 Å². The summed E-state index contributed by atoms with van der Waals surface area (Å²) in [6, 6.07) is 1.64. The number of carbonyl (C=O) groups excluding carboxylic acids is 1. The molecule has 0 radical (unpaired) electrons. The van der Waals surface area contributed by atoms with Crippen LogP contribution in [0.1, 0.15) is 58.3 Å². The summed E-state index contributed by atoms with van der Waals surface area (Å²) in [6.07, 6.45) is 8.81. The molecule has 0 unspecified atom stereocenters. The van der Waals surface area contributed by atoms with Crippen molar-refractivity contribution in [2.45, 2.75) is 58.3 Å². The van der Waals surface area contributed by atoms with Crippen molar-refractivity contribution in [2.24, 2.45) is 0 Å². The highest BCUT2D eigenvalue weighted by atomic mass is 16.1. The summed E-state index contributed by atoms with van der Waals surface area (Å²) in [7, 11) is 0. The van der Waals surface area contributed by atoms with Crippen LogP contribution >= 0.6 is 0 Å². The average Bonchev–Trinajstić information content (AvgIpc) is 2.16. The molecule has 0 N–H and O–H groups in total. The van der Waals surface area contributed by atoms with Gasteiger partial charge >= 0.3 is 0 Å². The number of Topliss-reactive ketones (excluding diaryl/α,β-unsaturated/α-hetero) is 1. The quantitative estimate of drug-likeness (QED) is 0.426. The van der Waals surface area contributed by atoms with Gasteiger partial charge in [0.05, 0.1) is 0 Å². The Bertz CT molecular complexity index is 169. The van der Waals surface area contributed by atoms with Gasteiger partial charge in [-0.1, -0.05) is 45.4 Å². The number of carbonyl (C=O) groups is 1. The predicted molar refractivity (Wildman–Crippen MR) is 53.2 cm³/mol. The summed E-state index contributed by atoms with van der Waals surface area (Å²) in [5.74, 6) is -0.270. The molecule has 0 saturated heterocycles. The Morgan fingerprint density at radius 2 is 1.62 bits per heavy atom. The van der Waals surface area contributed by atoms with Gasteiger partial charge in [0.15, 0.2) is 0 Å². The van der Waals surface area contributed by atoms with E-state index in [1.165, 1.54) is 32.1 Å². The van der Waals surface area contributed by atoms with Crippen molar-refractivity contribution in [1.29, 1.82) is 5.26 Å². The number of hydrogen-bond donors (Lipinski definition) is 0. The van der Waals surface area contributed by atoms with E-state index in [1.54, 1.807) is 6.07 Å². The molecule has 0 aromatic rings. The molecular weight excluding hydrogens is 162 g/mol. The van der Waals surface area contributed by atoms with Crippen molar-refractivity contribution in [3.05, 3.63) is 0 Å². The molecule has 74 valence electrons. The molecule has 2 heteroatoms. The SMILES string of the molecule is CCCCCCCCCC(=O)C#N. The Hall–Kier alpha value is -0.840. The minimum atomic E-state index is -0.270. The van der Waals surface area contributed by atoms with E-state index in [0.29, 0.717) is 6.42 Å². The molecule has 0 aliphatic rings. The summed E-state index contributed by atoms with van der Waals surface area (Å²) in [5.41, 5.74) is 0. The first kappa shape index (κ1) is 12.2. The van der Waals surface area contributed by atoms with Gasteiger partial charge in [-0.3, -0.25) is 4.79 Å². The van der Waals surface area contributed by atoms with E-state index in [4.69, 9.17) is 5.26 Å². The number of ketones is 1. The molecule has 0 amide bonds. The maximum Gasteiger partial charge on any atom is 0.231 e. The van der Waals surface area contributed by atoms with Crippen molar-refractivity contribution in [3.8, 4) is 6.07 Å². The molecule has 0 bridgehead atoms. The normalized spacial score (nSPS) is 9.54. The Morgan fingerprint density at radius 3 is 2.15 bits per heavy atom. The number of unbranched alkanes of at least 4 members (excludes halogenated alkanes) is 6. The van der Waals surface area contributed by atoms with Crippen LogP contribution < -0.4 is 0 Å². The van der Waals surface area contributed by atoms with Gasteiger partial charge in [0.25, 0.3) is 0 Å². The van der Waals surface area contributed by atoms with Gasteiger partial charge in [-0.05, 0) is 6.42 Å². The summed E-state index contributed by atoms with van der Waals surface area (Å²) in [5, 5.41) is 8.21. The van der Waals surface area contributed by atoms with Crippen LogP contribution in [0, 0.1) is 11.3 Å². The molecule has 0 aliphatic heterocycles. The van der Waals surface area contributed by atoms with Gasteiger partial charge in [-0.2, -0.15) is 5.26 Å². The van der Waals surface area contributed by atoms with Crippen LogP contribution in [0.25, 0.3) is 0 Å². The third-order valence-electron chi connectivity index (χ3n) is 2.13. The van der Waals surface area contributed by atoms with E-state index < -0.39 is 0 Å². The number of hydrogen-bond acceptors (Lipinski definition) is 2. The van der Waals surface area contributed by atoms with Crippen LogP contribution in [-0.4, -0.2) is 5.78 Å². The third kappa shape index (κ3) is 9.07. The zero-order valence-corrected chi connectivity index (χ0v) is 8.51. The maximum absolute atomic E-state index is 10.6. The van der Waals surface area contributed by atoms with Crippen molar-refractivity contribution >= 4 is 5.78 Å². The first-order valence-electron chi connectivity index (χ1n) is 5.24. The van der Waals surface area contributed by atoms with E-state index in [0.717, 1.165) is 12.8 Å². The minimum Gasteiger partial charge on any atom is -0.283 e. The van der Waals surface area contributed by atoms with Crippen LogP contribution in [0.5, 0.6) is 0 Å². The highest BCUT2D eigenvalue weighted by Crippen LogP contribution is 2.08. The molecule has 0 rings (SSSR count). The lowest BCUT2D eigenvalue weighted by Crippen LogP contribution is -1.91. The number of nitrogens with zero attached hydrogens (tertiary/aromatic N) is 1. The molecule has 0 spiro atoms. The Morgan fingerprint density at radius 1 is 1.08 bits per heavy atom. The van der Waals surface area contributed by atoms with Gasteiger partial charge in [-0.25, -0.2) is 0 Å². The molecule has 2 nitrogen and oxygen atoms in total. The largest absolute Gasteiger partial charge is 0.283 e. The van der Waals surface area contributed by atoms with Crippen LogP contribution in [0.15, 0.2) is 0 Å². The number of rotatable bonds is 8. The van der Waals surface area contributed by atoms with Gasteiger partial charge in [-0.15, -0.1) is 0 Å². The third-order valence-corrected chi connectivity index (χ3v) is 2.13. The molecule has 13 heavy (non-hydrogen) atoms. The van der Waals surface area contributed by atoms with Gasteiger partial charge in [0, 0.05) is 6.42 Å². The minimum absolute atomic E-state index is 0.270. The van der Waals surface area contributed by atoms with E-state index in [1.807, 2.05) is 0 Å². The number of nitriles is 1. The van der Waals surface area contributed by atoms with Gasteiger partial charge in [0.1, 0.15) is 6.07 Å². The fourth-order valence-electron chi connectivity index (χ4n) is 1.30. The maximum atomic E-state index is 10.6. The molecule has 0 atom stereocenters. The zero-order valence-electron chi connectivity index (χ0n) is 8.51. The van der Waals surface area contributed by atoms with Crippen LogP contribution in [-0.2, 0) is 4.79 Å². The lowest BCUT2D eigenvalue weighted by Gasteiger charge is -1.98. The standard InChI is InChI=1S/C11H19NO/c1-2-3-4-5-6-7-8-9-11(13)10-12/h2-9H2,1H3. The van der Waals surface area contributed by atoms with E-state index in [2.05, 4.69) is 6.92 Å².